The summed E-state index contributed by atoms with van der Waals surface area (Å²) >= 11 is 0. The summed E-state index contributed by atoms with van der Waals surface area (Å²) in [5.41, 5.74) is 1.45. The molecule has 0 aliphatic rings. The molecule has 1 rings (SSSR count). The number of nitrogens with zero attached hydrogens (tertiary/aromatic N) is 1. The number of rotatable bonds is 6. The number of hydrogen-bond acceptors (Lipinski definition) is 2. The molecule has 0 bridgehead atoms. The fourth-order valence-corrected chi connectivity index (χ4v) is 1.83. The Labute approximate surface area is 107 Å². The maximum Gasteiger partial charge on any atom is 0.328 e. The fraction of sp³-hybridized carbons (Fsp3) is 0.357. The topological polar surface area (TPSA) is 40.5 Å². The van der Waals surface area contributed by atoms with Crippen molar-refractivity contribution < 1.29 is 14.3 Å². The molecule has 1 aromatic rings. The van der Waals surface area contributed by atoms with E-state index < -0.39 is 5.97 Å². The minimum Gasteiger partial charge on any atom is -0.478 e. The Kier molecular flexibility index (Phi) is 5.36. The van der Waals surface area contributed by atoms with Crippen molar-refractivity contribution in [3.05, 3.63) is 35.7 Å². The predicted octanol–water partition coefficient (Wildman–Crippen LogP) is 3.16. The largest absolute Gasteiger partial charge is 0.478 e. The van der Waals surface area contributed by atoms with Gasteiger partial charge in [0.1, 0.15) is 5.82 Å². The van der Waals surface area contributed by atoms with E-state index in [0.29, 0.717) is 5.56 Å². The highest BCUT2D eigenvalue weighted by molar-refractivity contribution is 5.87. The maximum absolute atomic E-state index is 13.2. The third-order valence-corrected chi connectivity index (χ3v) is 2.61. The van der Waals surface area contributed by atoms with Gasteiger partial charge in [0.25, 0.3) is 0 Å². The summed E-state index contributed by atoms with van der Waals surface area (Å²) in [6.45, 7) is 5.74. The average molecular weight is 251 g/mol. The van der Waals surface area contributed by atoms with Crippen LogP contribution in [0.1, 0.15) is 25.8 Å². The lowest BCUT2D eigenvalue weighted by Crippen LogP contribution is -2.24. The molecule has 4 heteroatoms. The number of hydrogen-bond donors (Lipinski definition) is 1. The summed E-state index contributed by atoms with van der Waals surface area (Å²) in [6, 6.07) is 4.44. The number of carboxylic acid groups (broad SMARTS) is 1. The van der Waals surface area contributed by atoms with Gasteiger partial charge in [0, 0.05) is 30.4 Å². The summed E-state index contributed by atoms with van der Waals surface area (Å²) in [4.78, 5) is 12.6. The van der Waals surface area contributed by atoms with Gasteiger partial charge in [-0.15, -0.1) is 0 Å². The van der Waals surface area contributed by atoms with Gasteiger partial charge in [0.15, 0.2) is 0 Å². The minimum atomic E-state index is -1.04. The smallest absolute Gasteiger partial charge is 0.328 e. The summed E-state index contributed by atoms with van der Waals surface area (Å²) in [7, 11) is 0. The number of aliphatic carboxylic acids is 1. The normalized spacial score (nSPS) is 10.8. The highest BCUT2D eigenvalue weighted by atomic mass is 19.1. The quantitative estimate of drug-likeness (QED) is 0.789. The Morgan fingerprint density at radius 3 is 2.72 bits per heavy atom. The van der Waals surface area contributed by atoms with E-state index in [9.17, 15) is 9.18 Å². The molecule has 3 nitrogen and oxygen atoms in total. The Hall–Kier alpha value is -1.84. The molecule has 0 saturated heterocycles. The molecule has 18 heavy (non-hydrogen) atoms. The van der Waals surface area contributed by atoms with Crippen molar-refractivity contribution in [1.82, 2.24) is 0 Å². The zero-order chi connectivity index (χ0) is 13.5. The number of halogens is 1. The van der Waals surface area contributed by atoms with Crippen LogP contribution in [0.4, 0.5) is 10.1 Å². The molecule has 0 aliphatic carbocycles. The van der Waals surface area contributed by atoms with Gasteiger partial charge in [-0.2, -0.15) is 0 Å². The number of carbonyl (C=O) groups is 1. The molecule has 0 spiro atoms. The van der Waals surface area contributed by atoms with E-state index in [-0.39, 0.29) is 5.82 Å². The molecule has 0 saturated carbocycles. The first-order chi connectivity index (χ1) is 8.58. The van der Waals surface area contributed by atoms with E-state index in [1.54, 1.807) is 6.07 Å². The lowest BCUT2D eigenvalue weighted by Gasteiger charge is -2.24. The second-order valence-electron chi connectivity index (χ2n) is 3.95. The van der Waals surface area contributed by atoms with Crippen molar-refractivity contribution in [2.24, 2.45) is 0 Å². The van der Waals surface area contributed by atoms with Crippen molar-refractivity contribution in [2.75, 3.05) is 18.0 Å². The Balaban J connectivity index is 3.12. The second-order valence-corrected chi connectivity index (χ2v) is 3.95. The molecule has 0 heterocycles. The van der Waals surface area contributed by atoms with Gasteiger partial charge in [0.05, 0.1) is 0 Å². The first kappa shape index (κ1) is 14.2. The van der Waals surface area contributed by atoms with Crippen molar-refractivity contribution in [1.29, 1.82) is 0 Å². The van der Waals surface area contributed by atoms with Crippen LogP contribution in [-0.2, 0) is 4.79 Å². The molecule has 0 fully saturated rings. The zero-order valence-electron chi connectivity index (χ0n) is 10.7. The van der Waals surface area contributed by atoms with Crippen molar-refractivity contribution in [3.63, 3.8) is 0 Å². The van der Waals surface area contributed by atoms with Gasteiger partial charge in [-0.1, -0.05) is 6.92 Å². The monoisotopic (exact) mass is 251 g/mol. The van der Waals surface area contributed by atoms with Crippen LogP contribution >= 0.6 is 0 Å². The first-order valence-electron chi connectivity index (χ1n) is 6.04. The molecule has 0 unspecified atom stereocenters. The first-order valence-corrected chi connectivity index (χ1v) is 6.04. The maximum atomic E-state index is 13.2. The van der Waals surface area contributed by atoms with E-state index in [4.69, 9.17) is 5.11 Å². The molecule has 0 amide bonds. The summed E-state index contributed by atoms with van der Waals surface area (Å²) in [5.74, 6) is -1.40. The van der Waals surface area contributed by atoms with Gasteiger partial charge in [-0.3, -0.25) is 0 Å². The molecule has 1 aromatic carbocycles. The van der Waals surface area contributed by atoms with Gasteiger partial charge in [0.2, 0.25) is 0 Å². The third kappa shape index (κ3) is 3.87. The molecule has 0 atom stereocenters. The van der Waals surface area contributed by atoms with E-state index in [0.717, 1.165) is 31.3 Å². The van der Waals surface area contributed by atoms with Crippen LogP contribution in [0.15, 0.2) is 24.3 Å². The molecule has 0 aromatic heterocycles. The van der Waals surface area contributed by atoms with Crippen molar-refractivity contribution in [2.45, 2.75) is 20.3 Å². The molecular formula is C14H18FNO2. The lowest BCUT2D eigenvalue weighted by molar-refractivity contribution is -0.131. The zero-order valence-corrected chi connectivity index (χ0v) is 10.7. The van der Waals surface area contributed by atoms with Gasteiger partial charge >= 0.3 is 5.97 Å². The van der Waals surface area contributed by atoms with Gasteiger partial charge in [-0.05, 0) is 37.6 Å². The number of anilines is 1. The number of benzene rings is 1. The van der Waals surface area contributed by atoms with E-state index >= 15 is 0 Å². The highest BCUT2D eigenvalue weighted by Gasteiger charge is 2.08. The summed E-state index contributed by atoms with van der Waals surface area (Å²) in [6.07, 6.45) is 3.43. The van der Waals surface area contributed by atoms with Crippen LogP contribution in [0.25, 0.3) is 6.08 Å². The Morgan fingerprint density at radius 1 is 1.44 bits per heavy atom. The second kappa shape index (κ2) is 6.79. The van der Waals surface area contributed by atoms with E-state index in [1.165, 1.54) is 18.2 Å². The van der Waals surface area contributed by atoms with Crippen LogP contribution in [0.3, 0.4) is 0 Å². The lowest BCUT2D eigenvalue weighted by atomic mass is 10.1. The highest BCUT2D eigenvalue weighted by Crippen LogP contribution is 2.23. The van der Waals surface area contributed by atoms with Crippen molar-refractivity contribution in [3.8, 4) is 0 Å². The Bertz CT molecular complexity index is 443. The van der Waals surface area contributed by atoms with Crippen LogP contribution < -0.4 is 4.90 Å². The van der Waals surface area contributed by atoms with E-state index in [1.807, 2.05) is 6.92 Å². The molecular weight excluding hydrogens is 233 g/mol. The SMILES string of the molecule is CCCN(CC)c1ccc(F)cc1/C=C/C(=O)O. The Morgan fingerprint density at radius 2 is 2.17 bits per heavy atom. The van der Waals surface area contributed by atoms with Crippen molar-refractivity contribution >= 4 is 17.7 Å². The minimum absolute atomic E-state index is 0.364. The summed E-state index contributed by atoms with van der Waals surface area (Å²) in [5, 5.41) is 8.64. The molecule has 98 valence electrons. The summed E-state index contributed by atoms with van der Waals surface area (Å²) < 4.78 is 13.2. The fourth-order valence-electron chi connectivity index (χ4n) is 1.83. The van der Waals surface area contributed by atoms with Crippen LogP contribution in [0, 0.1) is 5.82 Å². The van der Waals surface area contributed by atoms with Crippen LogP contribution in [0.2, 0.25) is 0 Å². The molecule has 0 aliphatic heterocycles. The number of carboxylic acids is 1. The van der Waals surface area contributed by atoms with Gasteiger partial charge in [-0.25, -0.2) is 9.18 Å². The molecule has 1 N–H and O–H groups in total. The average Bonchev–Trinajstić information content (AvgIpc) is 2.34. The van der Waals surface area contributed by atoms with Crippen LogP contribution in [-0.4, -0.2) is 24.2 Å². The third-order valence-electron chi connectivity index (χ3n) is 2.61. The van der Waals surface area contributed by atoms with Crippen LogP contribution in [0.5, 0.6) is 0 Å². The van der Waals surface area contributed by atoms with Gasteiger partial charge < -0.3 is 10.0 Å². The van der Waals surface area contributed by atoms with E-state index in [2.05, 4.69) is 11.8 Å². The molecule has 0 radical (unpaired) electrons. The standard InChI is InChI=1S/C14H18FNO2/c1-3-9-16(4-2)13-7-6-12(15)10-11(13)5-8-14(17)18/h5-8,10H,3-4,9H2,1-2H3,(H,17,18)/b8-5+. The predicted molar refractivity (Wildman–Crippen MR) is 71.2 cm³/mol.